The van der Waals surface area contributed by atoms with Gasteiger partial charge in [0.25, 0.3) is 0 Å². The third-order valence-corrected chi connectivity index (χ3v) is 6.02. The van der Waals surface area contributed by atoms with Crippen molar-refractivity contribution in [2.75, 3.05) is 25.4 Å². The zero-order valence-electron chi connectivity index (χ0n) is 21.5. The Morgan fingerprint density at radius 3 is 2.06 bits per heavy atom. The molecule has 0 aliphatic rings. The number of nitrogens with one attached hydrogen (secondary N) is 4. The molecular formula is C22H42IN5O6SZn. The van der Waals surface area contributed by atoms with E-state index in [0.29, 0.717) is 18.8 Å². The van der Waals surface area contributed by atoms with Gasteiger partial charge in [0, 0.05) is 73.3 Å². The quantitative estimate of drug-likeness (QED) is 0.0344. The maximum Gasteiger partial charge on any atom is 0.322 e. The van der Waals surface area contributed by atoms with Crippen molar-refractivity contribution in [3.8, 4) is 0 Å². The summed E-state index contributed by atoms with van der Waals surface area (Å²) in [5.74, 6) is -2.04. The molecule has 14 heteroatoms. The van der Waals surface area contributed by atoms with Gasteiger partial charge in [-0.2, -0.15) is 12.6 Å². The first kappa shape index (κ1) is 39.6. The molecule has 0 rings (SSSR count). The van der Waals surface area contributed by atoms with Crippen molar-refractivity contribution in [3.05, 3.63) is 12.3 Å². The van der Waals surface area contributed by atoms with E-state index in [4.69, 9.17) is 15.9 Å². The predicted octanol–water partition coefficient (Wildman–Crippen LogP) is 1.28. The van der Waals surface area contributed by atoms with Crippen molar-refractivity contribution in [3.63, 3.8) is 0 Å². The van der Waals surface area contributed by atoms with E-state index in [0.717, 1.165) is 31.6 Å². The van der Waals surface area contributed by atoms with Crippen LogP contribution in [0.25, 0.3) is 0 Å². The Hall–Kier alpha value is -0.957. The van der Waals surface area contributed by atoms with Crippen LogP contribution in [0.1, 0.15) is 52.9 Å². The Morgan fingerprint density at radius 1 is 0.972 bits per heavy atom. The average molecular weight is 697 g/mol. The number of amides is 2. The van der Waals surface area contributed by atoms with Gasteiger partial charge in [-0.3, -0.25) is 22.7 Å². The van der Waals surface area contributed by atoms with Gasteiger partial charge >= 0.3 is 11.9 Å². The number of aliphatic carboxylic acids is 2. The molecule has 0 radical (unpaired) electrons. The third-order valence-electron chi connectivity index (χ3n) is 5.09. The summed E-state index contributed by atoms with van der Waals surface area (Å²) in [5, 5.41) is 25.1. The Balaban J connectivity index is -0.000000635. The minimum atomic E-state index is -1.14. The number of rotatable bonds is 18. The molecular weight excluding hydrogens is 655 g/mol. The van der Waals surface area contributed by atoms with Gasteiger partial charge in [-0.15, -0.1) is 0 Å². The van der Waals surface area contributed by atoms with Gasteiger partial charge in [-0.05, 0) is 44.4 Å². The molecule has 0 aromatic carbocycles. The summed E-state index contributed by atoms with van der Waals surface area (Å²) < 4.78 is 2.95. The van der Waals surface area contributed by atoms with E-state index in [-0.39, 0.29) is 37.6 Å². The second kappa shape index (κ2) is 24.4. The number of carboxylic acids is 2. The number of hydrogen-bond acceptors (Lipinski definition) is 8. The maximum atomic E-state index is 11.9. The van der Waals surface area contributed by atoms with E-state index in [2.05, 4.69) is 45.6 Å². The van der Waals surface area contributed by atoms with E-state index >= 15 is 0 Å². The molecule has 0 heterocycles. The van der Waals surface area contributed by atoms with Gasteiger partial charge in [0.2, 0.25) is 11.8 Å². The first-order valence-electron chi connectivity index (χ1n) is 11.5. The van der Waals surface area contributed by atoms with Gasteiger partial charge < -0.3 is 31.9 Å². The van der Waals surface area contributed by atoms with Crippen molar-refractivity contribution in [1.82, 2.24) is 19.5 Å². The minimum absolute atomic E-state index is 0. The van der Waals surface area contributed by atoms with Crippen molar-refractivity contribution in [1.29, 1.82) is 0 Å². The normalized spacial score (nSPS) is 13.4. The predicted molar refractivity (Wildman–Crippen MR) is 148 cm³/mol. The fraction of sp³-hybridized carbons (Fsp3) is 0.727. The fourth-order valence-corrected chi connectivity index (χ4v) is 3.28. The second-order valence-electron chi connectivity index (χ2n) is 8.39. The van der Waals surface area contributed by atoms with Crippen molar-refractivity contribution < 1.29 is 48.9 Å². The molecule has 4 atom stereocenters. The van der Waals surface area contributed by atoms with Gasteiger partial charge in [0.15, 0.2) is 0 Å². The summed E-state index contributed by atoms with van der Waals surface area (Å²) in [6.45, 7) is 10.9. The van der Waals surface area contributed by atoms with Crippen LogP contribution in [0.3, 0.4) is 0 Å². The van der Waals surface area contributed by atoms with E-state index in [9.17, 15) is 19.2 Å². The zero-order valence-corrected chi connectivity index (χ0v) is 27.5. The molecule has 8 N–H and O–H groups in total. The molecule has 0 spiro atoms. The molecule has 36 heavy (non-hydrogen) atoms. The Labute approximate surface area is 246 Å². The Morgan fingerprint density at radius 2 is 1.58 bits per heavy atom. The maximum absolute atomic E-state index is 11.9. The van der Waals surface area contributed by atoms with Crippen LogP contribution in [-0.2, 0) is 38.7 Å². The summed E-state index contributed by atoms with van der Waals surface area (Å²) >= 11 is 5.94. The summed E-state index contributed by atoms with van der Waals surface area (Å²) in [5.41, 5.74) is 6.50. The van der Waals surface area contributed by atoms with E-state index < -0.39 is 42.4 Å². The molecule has 2 amide bonds. The van der Waals surface area contributed by atoms with Crippen molar-refractivity contribution in [2.24, 2.45) is 17.6 Å². The number of nitrogens with two attached hydrogens (primary N) is 1. The number of unbranched alkanes of at least 4 members (excludes halogenated alkanes) is 1. The molecule has 206 valence electrons. The first-order valence-corrected chi connectivity index (χ1v) is 13.2. The van der Waals surface area contributed by atoms with Crippen LogP contribution >= 0.6 is 35.5 Å². The zero-order chi connectivity index (χ0) is 27.4. The van der Waals surface area contributed by atoms with Gasteiger partial charge in [0.05, 0.1) is 6.04 Å². The van der Waals surface area contributed by atoms with Crippen LogP contribution < -0.4 is 25.2 Å². The fourth-order valence-electron chi connectivity index (χ4n) is 2.73. The van der Waals surface area contributed by atoms with Crippen LogP contribution in [0, 0.1) is 11.8 Å². The second-order valence-corrected chi connectivity index (χ2v) is 9.52. The van der Waals surface area contributed by atoms with Gasteiger partial charge in [-0.1, -0.05) is 20.4 Å². The number of hydrogen-bond donors (Lipinski definition) is 8. The van der Waals surface area contributed by atoms with Crippen LogP contribution in [-0.4, -0.2) is 71.4 Å². The molecule has 11 nitrogen and oxygen atoms in total. The topological polar surface area (TPSA) is 183 Å². The summed E-state index contributed by atoms with van der Waals surface area (Å²) in [4.78, 5) is 44.5. The summed E-state index contributed by atoms with van der Waals surface area (Å²) in [7, 11) is 0. The number of carboxylic acid groups (broad SMARTS) is 2. The Bertz CT molecular complexity index is 677. The number of halogens is 1. The van der Waals surface area contributed by atoms with Crippen LogP contribution in [0.5, 0.6) is 0 Å². The smallest absolute Gasteiger partial charge is 0.322 e. The minimum Gasteiger partial charge on any atom is -0.481 e. The van der Waals surface area contributed by atoms with Crippen LogP contribution in [0.4, 0.5) is 0 Å². The molecule has 0 saturated heterocycles. The van der Waals surface area contributed by atoms with E-state index in [1.165, 1.54) is 0 Å². The van der Waals surface area contributed by atoms with Crippen LogP contribution in [0.2, 0.25) is 0 Å². The first-order chi connectivity index (χ1) is 16.3. The van der Waals surface area contributed by atoms with E-state index in [1.54, 1.807) is 0 Å². The molecule has 0 aromatic heterocycles. The van der Waals surface area contributed by atoms with Crippen molar-refractivity contribution >= 4 is 59.2 Å². The number of allylic oxidation sites excluding steroid dienone is 1. The monoisotopic (exact) mass is 695 g/mol. The number of carbonyl (C=O) groups excluding carboxylic acids is 2. The molecule has 0 saturated carbocycles. The average Bonchev–Trinajstić information content (AvgIpc) is 2.78. The summed E-state index contributed by atoms with van der Waals surface area (Å²) in [6, 6.07) is -1.60. The standard InChI is InChI=1S/C11H21IN4O4S.C11H21NO2.Zn/c12-15-4-2-1-3-8(11(20)14-5-9(17)18)16-10(19)7(13)6-21;1-8(2)12-6-5-9(3)10(4)7-11(13)14;/h7-8,15,21H,1-6,13H2,(H,14,20)(H,16,19)(H,17,18);9-10,12H,1,5-7H2,2-4H3,(H,13,14);/t7-,8+;9-,10+;/m01./s1. The number of thiol groups is 1. The third kappa shape index (κ3) is 23.4. The number of carbonyl (C=O) groups is 4. The molecule has 0 aromatic rings. The summed E-state index contributed by atoms with van der Waals surface area (Å²) in [6.07, 6.45) is 3.20. The largest absolute Gasteiger partial charge is 0.481 e. The molecule has 0 fully saturated rings. The SMILES string of the molecule is C=C(C)NCC[C@@H](C)[C@@H](C)CC(=O)O.N[C@@H](CS)C(=O)N[C@H](CCCCNI)C(=O)NCC(=O)O.[Zn]. The molecule has 0 unspecified atom stereocenters. The van der Waals surface area contributed by atoms with E-state index in [1.807, 2.05) is 36.7 Å². The molecule has 0 aliphatic carbocycles. The van der Waals surface area contributed by atoms with Crippen molar-refractivity contribution in [2.45, 2.75) is 65.0 Å². The Kier molecular flexibility index (Phi) is 26.8. The van der Waals surface area contributed by atoms with Gasteiger partial charge in [-0.25, -0.2) is 0 Å². The van der Waals surface area contributed by atoms with Crippen LogP contribution in [0.15, 0.2) is 12.3 Å². The molecule has 0 aliphatic heterocycles. The van der Waals surface area contributed by atoms with Gasteiger partial charge in [0.1, 0.15) is 12.6 Å². The molecule has 0 bridgehead atoms.